The molecule has 1 aliphatic carbocycles. The van der Waals surface area contributed by atoms with Crippen LogP contribution in [0.1, 0.15) is 37.4 Å². The van der Waals surface area contributed by atoms with Crippen LogP contribution in [0, 0.1) is 0 Å². The predicted molar refractivity (Wildman–Crippen MR) is 63.3 cm³/mol. The van der Waals surface area contributed by atoms with Gasteiger partial charge in [0.05, 0.1) is 13.2 Å². The van der Waals surface area contributed by atoms with Crippen LogP contribution in [-0.2, 0) is 0 Å². The van der Waals surface area contributed by atoms with Crippen molar-refractivity contribution in [3.8, 4) is 5.75 Å². The van der Waals surface area contributed by atoms with Gasteiger partial charge < -0.3 is 15.6 Å². The van der Waals surface area contributed by atoms with Crippen LogP contribution in [0.3, 0.4) is 0 Å². The van der Waals surface area contributed by atoms with Gasteiger partial charge in [-0.25, -0.2) is 0 Å². The van der Waals surface area contributed by atoms with E-state index in [1.807, 2.05) is 24.3 Å². The molecule has 16 heavy (non-hydrogen) atoms. The second-order valence-electron chi connectivity index (χ2n) is 4.62. The second kappa shape index (κ2) is 4.44. The van der Waals surface area contributed by atoms with Crippen molar-refractivity contribution >= 4 is 0 Å². The Balaban J connectivity index is 2.22. The predicted octanol–water partition coefficient (Wildman–Crippen LogP) is 2.00. The van der Waals surface area contributed by atoms with Crippen LogP contribution in [0.25, 0.3) is 0 Å². The Hall–Kier alpha value is -1.06. The summed E-state index contributed by atoms with van der Waals surface area (Å²) in [5.41, 5.74) is 6.63. The molecule has 2 rings (SSSR count). The zero-order valence-corrected chi connectivity index (χ0v) is 9.65. The molecule has 3 heteroatoms. The van der Waals surface area contributed by atoms with Crippen LogP contribution in [-0.4, -0.2) is 17.8 Å². The first-order valence-electron chi connectivity index (χ1n) is 5.77. The third-order valence-electron chi connectivity index (χ3n) is 3.49. The smallest absolute Gasteiger partial charge is 0.119 e. The summed E-state index contributed by atoms with van der Waals surface area (Å²) >= 11 is 0. The Morgan fingerprint density at radius 3 is 2.69 bits per heavy atom. The summed E-state index contributed by atoms with van der Waals surface area (Å²) in [5, 5.41) is 10.3. The minimum absolute atomic E-state index is 0.452. The van der Waals surface area contributed by atoms with Crippen molar-refractivity contribution < 1.29 is 9.84 Å². The molecule has 88 valence electrons. The first-order chi connectivity index (χ1) is 7.65. The molecule has 1 atom stereocenters. The van der Waals surface area contributed by atoms with Gasteiger partial charge in [-0.15, -0.1) is 0 Å². The summed E-state index contributed by atoms with van der Waals surface area (Å²) in [6.45, 7) is 0. The Morgan fingerprint density at radius 1 is 1.38 bits per heavy atom. The summed E-state index contributed by atoms with van der Waals surface area (Å²) in [4.78, 5) is 0. The lowest BCUT2D eigenvalue weighted by atomic mass is 9.87. The van der Waals surface area contributed by atoms with Gasteiger partial charge in [0.2, 0.25) is 0 Å². The highest BCUT2D eigenvalue weighted by molar-refractivity contribution is 5.31. The zero-order chi connectivity index (χ0) is 11.6. The summed E-state index contributed by atoms with van der Waals surface area (Å²) in [5.74, 6) is 0.762. The van der Waals surface area contributed by atoms with Crippen molar-refractivity contribution in [3.05, 3.63) is 29.8 Å². The highest BCUT2D eigenvalue weighted by atomic mass is 16.5. The highest BCUT2D eigenvalue weighted by Gasteiger charge is 2.37. The van der Waals surface area contributed by atoms with Crippen LogP contribution >= 0.6 is 0 Å². The molecule has 0 heterocycles. The number of aliphatic hydroxyl groups is 1. The van der Waals surface area contributed by atoms with Gasteiger partial charge >= 0.3 is 0 Å². The summed E-state index contributed by atoms with van der Waals surface area (Å²) in [6, 6.07) is 7.52. The van der Waals surface area contributed by atoms with Gasteiger partial charge in [-0.3, -0.25) is 0 Å². The van der Waals surface area contributed by atoms with Gasteiger partial charge in [0.1, 0.15) is 5.75 Å². The molecule has 1 unspecified atom stereocenters. The topological polar surface area (TPSA) is 55.5 Å². The molecule has 1 aromatic carbocycles. The minimum atomic E-state index is -0.593. The molecule has 0 aromatic heterocycles. The maximum Gasteiger partial charge on any atom is 0.119 e. The van der Waals surface area contributed by atoms with E-state index in [2.05, 4.69) is 0 Å². The van der Waals surface area contributed by atoms with E-state index in [1.165, 1.54) is 0 Å². The Bertz CT molecular complexity index is 359. The standard InChI is InChI=1S/C13H19NO2/c1-16-11-6-4-5-10(9-11)12(15)13(14)7-2-3-8-13/h4-6,9,12,15H,2-3,7-8,14H2,1H3. The van der Waals surface area contributed by atoms with Gasteiger partial charge in [0.25, 0.3) is 0 Å². The second-order valence-corrected chi connectivity index (χ2v) is 4.62. The molecule has 0 saturated heterocycles. The third kappa shape index (κ3) is 2.06. The quantitative estimate of drug-likeness (QED) is 0.820. The molecule has 1 aromatic rings. The fourth-order valence-electron chi connectivity index (χ4n) is 2.45. The van der Waals surface area contributed by atoms with Crippen molar-refractivity contribution in [2.24, 2.45) is 5.73 Å². The number of benzene rings is 1. The van der Waals surface area contributed by atoms with E-state index >= 15 is 0 Å². The first-order valence-corrected chi connectivity index (χ1v) is 5.77. The molecular weight excluding hydrogens is 202 g/mol. The summed E-state index contributed by atoms with van der Waals surface area (Å²) in [7, 11) is 1.62. The van der Waals surface area contributed by atoms with Crippen LogP contribution in [0.15, 0.2) is 24.3 Å². The average Bonchev–Trinajstić information content (AvgIpc) is 2.76. The summed E-state index contributed by atoms with van der Waals surface area (Å²) < 4.78 is 5.15. The largest absolute Gasteiger partial charge is 0.497 e. The van der Waals surface area contributed by atoms with E-state index in [0.29, 0.717) is 0 Å². The lowest BCUT2D eigenvalue weighted by Crippen LogP contribution is -2.42. The minimum Gasteiger partial charge on any atom is -0.497 e. The number of rotatable bonds is 3. The van der Waals surface area contributed by atoms with Crippen molar-refractivity contribution in [1.82, 2.24) is 0 Å². The van der Waals surface area contributed by atoms with E-state index in [0.717, 1.165) is 37.0 Å². The maximum absolute atomic E-state index is 10.3. The van der Waals surface area contributed by atoms with Crippen molar-refractivity contribution in [1.29, 1.82) is 0 Å². The van der Waals surface area contributed by atoms with Gasteiger partial charge in [-0.1, -0.05) is 25.0 Å². The fraction of sp³-hybridized carbons (Fsp3) is 0.538. The molecule has 3 nitrogen and oxygen atoms in total. The molecule has 1 fully saturated rings. The van der Waals surface area contributed by atoms with Gasteiger partial charge in [-0.2, -0.15) is 0 Å². The normalized spacial score (nSPS) is 20.7. The van der Waals surface area contributed by atoms with Crippen molar-refractivity contribution in [2.75, 3.05) is 7.11 Å². The fourth-order valence-corrected chi connectivity index (χ4v) is 2.45. The molecule has 3 N–H and O–H groups in total. The SMILES string of the molecule is COc1cccc(C(O)C2(N)CCCC2)c1. The molecular formula is C13H19NO2. The Morgan fingerprint density at radius 2 is 2.06 bits per heavy atom. The first kappa shape index (κ1) is 11.4. The zero-order valence-electron chi connectivity index (χ0n) is 9.65. The molecule has 1 aliphatic rings. The number of hydrogen-bond acceptors (Lipinski definition) is 3. The Kier molecular flexibility index (Phi) is 3.17. The monoisotopic (exact) mass is 221 g/mol. The highest BCUT2D eigenvalue weighted by Crippen LogP contribution is 2.38. The van der Waals surface area contributed by atoms with Gasteiger partial charge in [-0.05, 0) is 30.5 Å². The van der Waals surface area contributed by atoms with Gasteiger partial charge in [0, 0.05) is 5.54 Å². The van der Waals surface area contributed by atoms with Crippen LogP contribution < -0.4 is 10.5 Å². The molecule has 0 aliphatic heterocycles. The maximum atomic E-state index is 10.3. The Labute approximate surface area is 96.2 Å². The molecule has 0 amide bonds. The summed E-state index contributed by atoms with van der Waals surface area (Å²) in [6.07, 6.45) is 3.41. The third-order valence-corrected chi connectivity index (χ3v) is 3.49. The molecule has 1 saturated carbocycles. The number of nitrogens with two attached hydrogens (primary N) is 1. The van der Waals surface area contributed by atoms with Crippen LogP contribution in [0.4, 0.5) is 0 Å². The van der Waals surface area contributed by atoms with E-state index in [-0.39, 0.29) is 0 Å². The lowest BCUT2D eigenvalue weighted by molar-refractivity contribution is 0.0869. The molecule has 0 bridgehead atoms. The van der Waals surface area contributed by atoms with Gasteiger partial charge in [0.15, 0.2) is 0 Å². The number of aliphatic hydroxyl groups excluding tert-OH is 1. The van der Waals surface area contributed by atoms with Crippen molar-refractivity contribution in [3.63, 3.8) is 0 Å². The van der Waals surface area contributed by atoms with Crippen LogP contribution in [0.2, 0.25) is 0 Å². The van der Waals surface area contributed by atoms with E-state index < -0.39 is 11.6 Å². The van der Waals surface area contributed by atoms with Crippen molar-refractivity contribution in [2.45, 2.75) is 37.3 Å². The lowest BCUT2D eigenvalue weighted by Gasteiger charge is -2.30. The molecule has 0 radical (unpaired) electrons. The van der Waals surface area contributed by atoms with E-state index in [1.54, 1.807) is 7.11 Å². The number of ether oxygens (including phenoxy) is 1. The number of hydrogen-bond donors (Lipinski definition) is 2. The molecule has 0 spiro atoms. The van der Waals surface area contributed by atoms with E-state index in [4.69, 9.17) is 10.5 Å². The number of methoxy groups -OCH3 is 1. The average molecular weight is 221 g/mol. The van der Waals surface area contributed by atoms with Crippen LogP contribution in [0.5, 0.6) is 5.75 Å². The van der Waals surface area contributed by atoms with E-state index in [9.17, 15) is 5.11 Å².